The number of hydrogen-bond acceptors (Lipinski definition) is 2. The van der Waals surface area contributed by atoms with Crippen molar-refractivity contribution in [3.63, 3.8) is 0 Å². The van der Waals surface area contributed by atoms with E-state index in [4.69, 9.17) is 16.3 Å². The van der Waals surface area contributed by atoms with Crippen molar-refractivity contribution in [3.05, 3.63) is 29.0 Å². The second-order valence-corrected chi connectivity index (χ2v) is 6.00. The molecule has 1 fully saturated rings. The van der Waals surface area contributed by atoms with Crippen LogP contribution in [0.1, 0.15) is 26.7 Å². The van der Waals surface area contributed by atoms with Crippen molar-refractivity contribution >= 4 is 11.6 Å². The van der Waals surface area contributed by atoms with Crippen LogP contribution in [0, 0.1) is 17.7 Å². The topological polar surface area (TPSA) is 21.3 Å². The van der Waals surface area contributed by atoms with Crippen molar-refractivity contribution in [1.82, 2.24) is 5.32 Å². The zero-order valence-corrected chi connectivity index (χ0v) is 12.2. The molecule has 0 bridgehead atoms. The van der Waals surface area contributed by atoms with Gasteiger partial charge >= 0.3 is 0 Å². The highest BCUT2D eigenvalue weighted by molar-refractivity contribution is 6.30. The minimum atomic E-state index is -0.455. The molecule has 2 rings (SSSR count). The molecule has 0 saturated carbocycles. The van der Waals surface area contributed by atoms with Gasteiger partial charge in [-0.05, 0) is 37.4 Å². The molecule has 4 heteroatoms. The molecule has 1 aliphatic heterocycles. The molecule has 0 radical (unpaired) electrons. The molecule has 106 valence electrons. The van der Waals surface area contributed by atoms with Crippen LogP contribution in [-0.4, -0.2) is 19.2 Å². The Morgan fingerprint density at radius 1 is 1.47 bits per heavy atom. The SMILES string of the molecule is CC(C)C[C@@H](Oc1cccc(Cl)c1F)C1CCNC1. The molecule has 1 heterocycles. The number of nitrogens with one attached hydrogen (secondary N) is 1. The fourth-order valence-electron chi connectivity index (χ4n) is 2.53. The lowest BCUT2D eigenvalue weighted by Gasteiger charge is -2.26. The van der Waals surface area contributed by atoms with Crippen LogP contribution in [0.2, 0.25) is 5.02 Å². The van der Waals surface area contributed by atoms with E-state index in [-0.39, 0.29) is 16.9 Å². The number of halogens is 2. The molecule has 1 unspecified atom stereocenters. The third-order valence-electron chi connectivity index (χ3n) is 3.52. The zero-order valence-electron chi connectivity index (χ0n) is 11.5. The summed E-state index contributed by atoms with van der Waals surface area (Å²) >= 11 is 5.80. The Hall–Kier alpha value is -0.800. The molecule has 1 saturated heterocycles. The largest absolute Gasteiger partial charge is 0.487 e. The first kappa shape index (κ1) is 14.6. The van der Waals surface area contributed by atoms with Crippen molar-refractivity contribution in [3.8, 4) is 5.75 Å². The highest BCUT2D eigenvalue weighted by Gasteiger charge is 2.28. The first-order chi connectivity index (χ1) is 9.08. The van der Waals surface area contributed by atoms with Gasteiger partial charge in [-0.3, -0.25) is 0 Å². The van der Waals surface area contributed by atoms with Crippen LogP contribution < -0.4 is 10.1 Å². The summed E-state index contributed by atoms with van der Waals surface area (Å²) in [5, 5.41) is 3.45. The predicted octanol–water partition coefficient (Wildman–Crippen LogP) is 3.88. The lowest BCUT2D eigenvalue weighted by molar-refractivity contribution is 0.114. The van der Waals surface area contributed by atoms with Gasteiger partial charge in [0.25, 0.3) is 0 Å². The Kier molecular flexibility index (Phi) is 5.06. The third kappa shape index (κ3) is 3.83. The van der Waals surface area contributed by atoms with Crippen LogP contribution in [0.4, 0.5) is 4.39 Å². The lowest BCUT2D eigenvalue weighted by Crippen LogP contribution is -2.30. The summed E-state index contributed by atoms with van der Waals surface area (Å²) in [5.41, 5.74) is 0. The third-order valence-corrected chi connectivity index (χ3v) is 3.81. The fraction of sp³-hybridized carbons (Fsp3) is 0.600. The Balaban J connectivity index is 2.12. The predicted molar refractivity (Wildman–Crippen MR) is 76.3 cm³/mol. The molecule has 2 atom stereocenters. The average Bonchev–Trinajstić information content (AvgIpc) is 2.87. The maximum Gasteiger partial charge on any atom is 0.183 e. The molecule has 1 aromatic rings. The van der Waals surface area contributed by atoms with E-state index in [1.165, 1.54) is 0 Å². The van der Waals surface area contributed by atoms with Gasteiger partial charge in [-0.25, -0.2) is 4.39 Å². The van der Waals surface area contributed by atoms with Crippen molar-refractivity contribution in [2.75, 3.05) is 13.1 Å². The second kappa shape index (κ2) is 6.58. The van der Waals surface area contributed by atoms with Gasteiger partial charge in [0, 0.05) is 12.5 Å². The summed E-state index contributed by atoms with van der Waals surface area (Å²) in [5.74, 6) is 0.780. The van der Waals surface area contributed by atoms with E-state index in [0.29, 0.717) is 11.8 Å². The molecule has 19 heavy (non-hydrogen) atoms. The summed E-state index contributed by atoms with van der Waals surface area (Å²) < 4.78 is 19.8. The molecule has 0 aliphatic carbocycles. The van der Waals surface area contributed by atoms with E-state index in [1.807, 2.05) is 0 Å². The van der Waals surface area contributed by atoms with Crippen LogP contribution >= 0.6 is 11.6 Å². The van der Waals surface area contributed by atoms with Gasteiger partial charge in [0.05, 0.1) is 5.02 Å². The van der Waals surface area contributed by atoms with Gasteiger partial charge in [-0.2, -0.15) is 0 Å². The first-order valence-electron chi connectivity index (χ1n) is 6.89. The first-order valence-corrected chi connectivity index (χ1v) is 7.27. The quantitative estimate of drug-likeness (QED) is 0.886. The fourth-order valence-corrected chi connectivity index (χ4v) is 2.70. The minimum Gasteiger partial charge on any atom is -0.487 e. The molecule has 1 aromatic carbocycles. The maximum absolute atomic E-state index is 13.9. The number of benzene rings is 1. The molecule has 1 N–H and O–H groups in total. The molecule has 1 aliphatic rings. The van der Waals surface area contributed by atoms with E-state index in [9.17, 15) is 4.39 Å². The van der Waals surface area contributed by atoms with E-state index < -0.39 is 5.82 Å². The number of rotatable bonds is 5. The molecule has 0 aromatic heterocycles. The van der Waals surface area contributed by atoms with Gasteiger partial charge in [0.2, 0.25) is 0 Å². The highest BCUT2D eigenvalue weighted by atomic mass is 35.5. The molecular formula is C15H21ClFNO. The Morgan fingerprint density at radius 2 is 2.26 bits per heavy atom. The van der Waals surface area contributed by atoms with Crippen LogP contribution in [0.5, 0.6) is 5.75 Å². The van der Waals surface area contributed by atoms with Gasteiger partial charge in [0.1, 0.15) is 6.10 Å². The van der Waals surface area contributed by atoms with Crippen LogP contribution in [0.3, 0.4) is 0 Å². The van der Waals surface area contributed by atoms with E-state index in [0.717, 1.165) is 25.9 Å². The van der Waals surface area contributed by atoms with Crippen LogP contribution in [-0.2, 0) is 0 Å². The van der Waals surface area contributed by atoms with Crippen LogP contribution in [0.15, 0.2) is 18.2 Å². The van der Waals surface area contributed by atoms with Gasteiger partial charge in [-0.1, -0.05) is 31.5 Å². The summed E-state index contributed by atoms with van der Waals surface area (Å²) in [6, 6.07) is 4.91. The summed E-state index contributed by atoms with van der Waals surface area (Å²) in [7, 11) is 0. The summed E-state index contributed by atoms with van der Waals surface area (Å²) in [4.78, 5) is 0. The van der Waals surface area contributed by atoms with Gasteiger partial charge in [0.15, 0.2) is 11.6 Å². The van der Waals surface area contributed by atoms with Crippen molar-refractivity contribution in [2.24, 2.45) is 11.8 Å². The summed E-state index contributed by atoms with van der Waals surface area (Å²) in [6.45, 7) is 6.28. The van der Waals surface area contributed by atoms with E-state index in [2.05, 4.69) is 19.2 Å². The van der Waals surface area contributed by atoms with Crippen molar-refractivity contribution in [1.29, 1.82) is 0 Å². The second-order valence-electron chi connectivity index (χ2n) is 5.59. The maximum atomic E-state index is 13.9. The Labute approximate surface area is 119 Å². The number of ether oxygens (including phenoxy) is 1. The molecule has 0 amide bonds. The van der Waals surface area contributed by atoms with Crippen LogP contribution in [0.25, 0.3) is 0 Å². The van der Waals surface area contributed by atoms with Gasteiger partial charge in [-0.15, -0.1) is 0 Å². The number of hydrogen-bond donors (Lipinski definition) is 1. The normalized spacial score (nSPS) is 20.8. The smallest absolute Gasteiger partial charge is 0.183 e. The standard InChI is InChI=1S/C15H21ClFNO/c1-10(2)8-14(11-6-7-18-9-11)19-13-5-3-4-12(16)15(13)17/h3-5,10-11,14,18H,6-9H2,1-2H3/t11?,14-/m1/s1. The van der Waals surface area contributed by atoms with Gasteiger partial charge < -0.3 is 10.1 Å². The van der Waals surface area contributed by atoms with Crippen molar-refractivity contribution < 1.29 is 9.13 Å². The highest BCUT2D eigenvalue weighted by Crippen LogP contribution is 2.29. The minimum absolute atomic E-state index is 0.0444. The van der Waals surface area contributed by atoms with E-state index in [1.54, 1.807) is 18.2 Å². The molecule has 2 nitrogen and oxygen atoms in total. The Morgan fingerprint density at radius 3 is 2.89 bits per heavy atom. The molecular weight excluding hydrogens is 265 g/mol. The molecule has 0 spiro atoms. The monoisotopic (exact) mass is 285 g/mol. The zero-order chi connectivity index (χ0) is 13.8. The lowest BCUT2D eigenvalue weighted by atomic mass is 9.93. The Bertz CT molecular complexity index is 419. The summed E-state index contributed by atoms with van der Waals surface area (Å²) in [6.07, 6.45) is 2.06. The van der Waals surface area contributed by atoms with E-state index >= 15 is 0 Å². The van der Waals surface area contributed by atoms with Crippen molar-refractivity contribution in [2.45, 2.75) is 32.8 Å². The average molecular weight is 286 g/mol.